The van der Waals surface area contributed by atoms with E-state index >= 15 is 0 Å². The summed E-state index contributed by atoms with van der Waals surface area (Å²) in [4.78, 5) is 7.03. The highest BCUT2D eigenvalue weighted by molar-refractivity contribution is 5.06. The van der Waals surface area contributed by atoms with Gasteiger partial charge in [-0.05, 0) is 19.9 Å². The van der Waals surface area contributed by atoms with E-state index in [-0.39, 0.29) is 0 Å². The zero-order valence-corrected chi connectivity index (χ0v) is 13.0. The normalized spacial score (nSPS) is 20.3. The first-order valence-electron chi connectivity index (χ1n) is 7.61. The van der Waals surface area contributed by atoms with Gasteiger partial charge in [-0.25, -0.2) is 4.98 Å². The van der Waals surface area contributed by atoms with E-state index in [1.54, 1.807) is 0 Å². The lowest BCUT2D eigenvalue weighted by Gasteiger charge is -2.35. The molecule has 1 aliphatic rings. The minimum absolute atomic E-state index is 0.314. The fourth-order valence-electron chi connectivity index (χ4n) is 3.03. The van der Waals surface area contributed by atoms with Gasteiger partial charge in [-0.2, -0.15) is 5.10 Å². The first-order valence-corrected chi connectivity index (χ1v) is 7.61. The van der Waals surface area contributed by atoms with E-state index in [0.29, 0.717) is 12.1 Å². The molecule has 2 aromatic rings. The molecule has 0 aromatic carbocycles. The van der Waals surface area contributed by atoms with Crippen LogP contribution in [-0.4, -0.2) is 43.9 Å². The van der Waals surface area contributed by atoms with Crippen LogP contribution < -0.4 is 5.32 Å². The first-order chi connectivity index (χ1) is 10.2. The maximum Gasteiger partial charge on any atom is 0.127 e. The van der Waals surface area contributed by atoms with Crippen molar-refractivity contribution in [2.75, 3.05) is 19.6 Å². The second-order valence-electron chi connectivity index (χ2n) is 5.95. The smallest absolute Gasteiger partial charge is 0.127 e. The van der Waals surface area contributed by atoms with Crippen LogP contribution in [-0.2, 0) is 13.6 Å². The Morgan fingerprint density at radius 2 is 2.24 bits per heavy atom. The monoisotopic (exact) mass is 288 g/mol. The summed E-state index contributed by atoms with van der Waals surface area (Å²) in [7, 11) is 2.06. The molecule has 1 saturated heterocycles. The number of piperazine rings is 1. The second-order valence-corrected chi connectivity index (χ2v) is 5.95. The fraction of sp³-hybridized carbons (Fsp3) is 0.600. The molecule has 3 rings (SSSR count). The molecule has 0 saturated carbocycles. The predicted octanol–water partition coefficient (Wildman–Crippen LogP) is 1.34. The molecule has 0 bridgehead atoms. The molecular weight excluding hydrogens is 264 g/mol. The largest absolute Gasteiger partial charge is 0.337 e. The van der Waals surface area contributed by atoms with Gasteiger partial charge in [-0.3, -0.25) is 9.58 Å². The number of aromatic nitrogens is 4. The van der Waals surface area contributed by atoms with Gasteiger partial charge in [0.1, 0.15) is 5.82 Å². The van der Waals surface area contributed by atoms with E-state index in [4.69, 9.17) is 0 Å². The van der Waals surface area contributed by atoms with Crippen molar-refractivity contribution in [3.8, 4) is 0 Å². The summed E-state index contributed by atoms with van der Waals surface area (Å²) in [6.07, 6.45) is 5.79. The van der Waals surface area contributed by atoms with Crippen molar-refractivity contribution in [1.82, 2.24) is 29.5 Å². The number of hydrogen-bond acceptors (Lipinski definition) is 4. The highest BCUT2D eigenvalue weighted by atomic mass is 15.3. The zero-order valence-electron chi connectivity index (χ0n) is 13.0. The summed E-state index contributed by atoms with van der Waals surface area (Å²) in [5.41, 5.74) is 1.27. The van der Waals surface area contributed by atoms with E-state index in [1.807, 2.05) is 18.6 Å². The maximum absolute atomic E-state index is 4.54. The Morgan fingerprint density at radius 1 is 1.38 bits per heavy atom. The van der Waals surface area contributed by atoms with Crippen LogP contribution in [0.3, 0.4) is 0 Å². The van der Waals surface area contributed by atoms with Crippen molar-refractivity contribution in [3.05, 3.63) is 36.2 Å². The Balaban J connectivity index is 1.82. The maximum atomic E-state index is 4.54. The third-order valence-electron chi connectivity index (χ3n) is 4.12. The van der Waals surface area contributed by atoms with Gasteiger partial charge in [0.05, 0.1) is 11.7 Å². The Hall–Kier alpha value is -1.66. The van der Waals surface area contributed by atoms with Crippen LogP contribution in [0.4, 0.5) is 0 Å². The second kappa shape index (κ2) is 5.99. The van der Waals surface area contributed by atoms with Gasteiger partial charge in [0.25, 0.3) is 0 Å². The van der Waals surface area contributed by atoms with Crippen LogP contribution in [0.25, 0.3) is 0 Å². The Morgan fingerprint density at radius 3 is 2.95 bits per heavy atom. The fourth-order valence-corrected chi connectivity index (χ4v) is 3.03. The average Bonchev–Trinajstić information content (AvgIpc) is 3.08. The summed E-state index contributed by atoms with van der Waals surface area (Å²) in [6, 6.07) is 2.83. The minimum atomic E-state index is 0.314. The predicted molar refractivity (Wildman–Crippen MR) is 81.8 cm³/mol. The summed E-state index contributed by atoms with van der Waals surface area (Å²) in [6.45, 7) is 8.25. The topological polar surface area (TPSA) is 50.9 Å². The molecule has 6 heteroatoms. The van der Waals surface area contributed by atoms with Crippen LogP contribution in [0.15, 0.2) is 24.7 Å². The third-order valence-corrected chi connectivity index (χ3v) is 4.12. The van der Waals surface area contributed by atoms with Crippen molar-refractivity contribution in [2.45, 2.75) is 32.5 Å². The third kappa shape index (κ3) is 2.87. The highest BCUT2D eigenvalue weighted by Gasteiger charge is 2.27. The zero-order chi connectivity index (χ0) is 14.8. The van der Waals surface area contributed by atoms with Crippen molar-refractivity contribution in [2.24, 2.45) is 7.05 Å². The molecular formula is C15H24N6. The molecule has 1 aliphatic heterocycles. The molecule has 21 heavy (non-hydrogen) atoms. The van der Waals surface area contributed by atoms with Gasteiger partial charge in [0, 0.05) is 57.9 Å². The van der Waals surface area contributed by atoms with Crippen molar-refractivity contribution in [3.63, 3.8) is 0 Å². The summed E-state index contributed by atoms with van der Waals surface area (Å²) in [5, 5.41) is 7.92. The van der Waals surface area contributed by atoms with E-state index in [0.717, 1.165) is 32.0 Å². The van der Waals surface area contributed by atoms with Crippen LogP contribution in [0, 0.1) is 0 Å². The van der Waals surface area contributed by atoms with E-state index in [2.05, 4.69) is 56.5 Å². The van der Waals surface area contributed by atoms with Gasteiger partial charge in [-0.15, -0.1) is 0 Å². The summed E-state index contributed by atoms with van der Waals surface area (Å²) < 4.78 is 4.22. The molecule has 1 atom stereocenters. The van der Waals surface area contributed by atoms with Gasteiger partial charge in [-0.1, -0.05) is 0 Å². The molecule has 3 heterocycles. The van der Waals surface area contributed by atoms with Crippen molar-refractivity contribution < 1.29 is 0 Å². The number of aryl methyl sites for hydroxylation is 1. The molecule has 114 valence electrons. The quantitative estimate of drug-likeness (QED) is 0.922. The summed E-state index contributed by atoms with van der Waals surface area (Å²) in [5.74, 6) is 1.12. The van der Waals surface area contributed by atoms with Gasteiger partial charge in [0.15, 0.2) is 0 Å². The Kier molecular flexibility index (Phi) is 4.07. The minimum Gasteiger partial charge on any atom is -0.337 e. The number of rotatable bonds is 4. The first kappa shape index (κ1) is 14.3. The average molecular weight is 288 g/mol. The Bertz CT molecular complexity index is 585. The van der Waals surface area contributed by atoms with Crippen molar-refractivity contribution in [1.29, 1.82) is 0 Å². The Labute approximate surface area is 125 Å². The standard InChI is InChI=1S/C15H24N6/c1-12(2)21-13(4-5-18-21)11-20-9-6-16-10-14(20)15-17-7-8-19(15)3/h4-5,7-8,12,14,16H,6,9-11H2,1-3H3. The lowest BCUT2D eigenvalue weighted by Crippen LogP contribution is -2.46. The number of nitrogens with one attached hydrogen (secondary N) is 1. The molecule has 0 radical (unpaired) electrons. The van der Waals surface area contributed by atoms with Crippen LogP contribution in [0.5, 0.6) is 0 Å². The summed E-state index contributed by atoms with van der Waals surface area (Å²) >= 11 is 0. The molecule has 2 aromatic heterocycles. The van der Waals surface area contributed by atoms with E-state index < -0.39 is 0 Å². The molecule has 0 spiro atoms. The van der Waals surface area contributed by atoms with Gasteiger partial charge >= 0.3 is 0 Å². The van der Waals surface area contributed by atoms with Gasteiger partial charge in [0.2, 0.25) is 0 Å². The SMILES string of the molecule is CC(C)n1nccc1CN1CCNCC1c1nccn1C. The molecule has 0 amide bonds. The van der Waals surface area contributed by atoms with E-state index in [1.165, 1.54) is 5.69 Å². The van der Waals surface area contributed by atoms with Crippen molar-refractivity contribution >= 4 is 0 Å². The molecule has 1 N–H and O–H groups in total. The lowest BCUT2D eigenvalue weighted by atomic mass is 10.1. The van der Waals surface area contributed by atoms with E-state index in [9.17, 15) is 0 Å². The van der Waals surface area contributed by atoms with Crippen LogP contribution >= 0.6 is 0 Å². The molecule has 0 aliphatic carbocycles. The highest BCUT2D eigenvalue weighted by Crippen LogP contribution is 2.23. The molecule has 1 fully saturated rings. The molecule has 1 unspecified atom stereocenters. The number of hydrogen-bond donors (Lipinski definition) is 1. The number of nitrogens with zero attached hydrogens (tertiary/aromatic N) is 5. The number of imidazole rings is 1. The molecule has 6 nitrogen and oxygen atoms in total. The van der Waals surface area contributed by atoms with Crippen LogP contribution in [0.1, 0.15) is 37.4 Å². The van der Waals surface area contributed by atoms with Crippen LogP contribution in [0.2, 0.25) is 0 Å². The van der Waals surface area contributed by atoms with Gasteiger partial charge < -0.3 is 9.88 Å². The lowest BCUT2D eigenvalue weighted by molar-refractivity contribution is 0.140.